The predicted octanol–water partition coefficient (Wildman–Crippen LogP) is 14.9. The zero-order chi connectivity index (χ0) is 38.9. The van der Waals surface area contributed by atoms with Gasteiger partial charge < -0.3 is 0 Å². The van der Waals surface area contributed by atoms with Crippen molar-refractivity contribution in [2.45, 2.75) is 0 Å². The van der Waals surface area contributed by atoms with Gasteiger partial charge in [-0.15, -0.1) is 0 Å². The second-order valence-electron chi connectivity index (χ2n) is 15.4. The Morgan fingerprint density at radius 3 is 1.46 bits per heavy atom. The Balaban J connectivity index is 1.19. The Labute approximate surface area is 341 Å². The van der Waals surface area contributed by atoms with Crippen molar-refractivity contribution in [2.24, 2.45) is 0 Å². The van der Waals surface area contributed by atoms with Crippen LogP contribution in [0, 0.1) is 0 Å². The van der Waals surface area contributed by atoms with E-state index < -0.39 is 0 Å². The number of benzene rings is 10. The topological polar surface area (TPSA) is 30.7 Å². The van der Waals surface area contributed by atoms with Gasteiger partial charge in [0.2, 0.25) is 0 Å². The molecule has 0 amide bonds. The molecule has 0 bridgehead atoms. The van der Waals surface area contributed by atoms with Crippen LogP contribution in [0.5, 0.6) is 0 Å². The molecule has 0 atom stereocenters. The molecule has 0 unspecified atom stereocenters. The van der Waals surface area contributed by atoms with E-state index in [4.69, 9.17) is 9.97 Å². The molecule has 0 radical (unpaired) electrons. The smallest absolute Gasteiger partial charge is 0.165 e. The van der Waals surface area contributed by atoms with Crippen LogP contribution in [0.25, 0.3) is 115 Å². The van der Waals surface area contributed by atoms with E-state index in [1.54, 1.807) is 0 Å². The van der Waals surface area contributed by atoms with Gasteiger partial charge in [0.25, 0.3) is 0 Å². The van der Waals surface area contributed by atoms with Gasteiger partial charge in [-0.2, -0.15) is 0 Å². The summed E-state index contributed by atoms with van der Waals surface area (Å²) in [5.74, 6) is 0.838. The highest BCUT2D eigenvalue weighted by Gasteiger charge is 2.22. The molecule has 0 N–H and O–H groups in total. The molecule has 2 aromatic heterocycles. The maximum absolute atomic E-state index is 5.61. The molecule has 3 nitrogen and oxygen atoms in total. The Morgan fingerprint density at radius 1 is 0.322 bits per heavy atom. The first-order valence-electron chi connectivity index (χ1n) is 20.1. The van der Waals surface area contributed by atoms with Crippen LogP contribution in [-0.2, 0) is 0 Å². The van der Waals surface area contributed by atoms with Crippen LogP contribution in [0.1, 0.15) is 0 Å². The van der Waals surface area contributed by atoms with Crippen LogP contribution in [0.4, 0.5) is 0 Å². The largest absolute Gasteiger partial charge is 0.277 e. The highest BCUT2D eigenvalue weighted by molar-refractivity contribution is 6.16. The maximum atomic E-state index is 5.61. The fourth-order valence-corrected chi connectivity index (χ4v) is 9.23. The Kier molecular flexibility index (Phi) is 7.54. The normalized spacial score (nSPS) is 11.7. The molecular weight excluding hydrogens is 715 g/mol. The zero-order valence-corrected chi connectivity index (χ0v) is 32.0. The Bertz CT molecular complexity index is 3480. The fraction of sp³-hybridized carbons (Fsp3) is 0. The summed E-state index contributed by atoms with van der Waals surface area (Å²) in [6.07, 6.45) is 1.92. The van der Waals surface area contributed by atoms with Crippen molar-refractivity contribution in [3.05, 3.63) is 212 Å². The van der Waals surface area contributed by atoms with E-state index in [9.17, 15) is 0 Å². The van der Waals surface area contributed by atoms with Crippen molar-refractivity contribution in [3.8, 4) is 50.5 Å². The van der Waals surface area contributed by atoms with E-state index in [0.29, 0.717) is 0 Å². The quantitative estimate of drug-likeness (QED) is 0.164. The first-order valence-corrected chi connectivity index (χ1v) is 20.1. The number of hydrogen-bond donors (Lipinski definition) is 0. The molecule has 59 heavy (non-hydrogen) atoms. The maximum Gasteiger partial charge on any atom is 0.165 e. The van der Waals surface area contributed by atoms with Gasteiger partial charge in [0.15, 0.2) is 5.65 Å². The van der Waals surface area contributed by atoms with Gasteiger partial charge in [-0.25, -0.2) is 9.97 Å². The summed E-state index contributed by atoms with van der Waals surface area (Å²) in [7, 11) is 0. The zero-order valence-electron chi connectivity index (χ0n) is 32.0. The van der Waals surface area contributed by atoms with E-state index in [1.807, 2.05) is 6.20 Å². The number of imidazole rings is 1. The van der Waals surface area contributed by atoms with Gasteiger partial charge in [-0.1, -0.05) is 152 Å². The van der Waals surface area contributed by atoms with Crippen molar-refractivity contribution < 1.29 is 0 Å². The summed E-state index contributed by atoms with van der Waals surface area (Å²) >= 11 is 0. The summed E-state index contributed by atoms with van der Waals surface area (Å²) in [6, 6.07) is 74.6. The number of rotatable bonds is 5. The molecule has 0 aliphatic heterocycles. The van der Waals surface area contributed by atoms with E-state index in [1.165, 1.54) is 65.0 Å². The first kappa shape index (κ1) is 33.3. The molecule has 0 saturated carbocycles. The second-order valence-corrected chi connectivity index (χ2v) is 15.4. The predicted molar refractivity (Wildman–Crippen MR) is 248 cm³/mol. The van der Waals surface area contributed by atoms with Gasteiger partial charge in [0, 0.05) is 23.0 Å². The summed E-state index contributed by atoms with van der Waals surface area (Å²) < 4.78 is 2.24. The Hall–Kier alpha value is -7.88. The van der Waals surface area contributed by atoms with Crippen LogP contribution in [-0.4, -0.2) is 14.5 Å². The van der Waals surface area contributed by atoms with Gasteiger partial charge in [-0.3, -0.25) is 4.57 Å². The summed E-state index contributed by atoms with van der Waals surface area (Å²) in [4.78, 5) is 10.7. The molecule has 3 heteroatoms. The van der Waals surface area contributed by atoms with E-state index in [-0.39, 0.29) is 0 Å². The number of fused-ring (bicyclic) bond motifs is 8. The molecule has 0 aliphatic rings. The fourth-order valence-electron chi connectivity index (χ4n) is 9.23. The van der Waals surface area contributed by atoms with E-state index >= 15 is 0 Å². The van der Waals surface area contributed by atoms with Gasteiger partial charge >= 0.3 is 0 Å². The average molecular weight is 750 g/mol. The molecule has 2 heterocycles. The molecule has 10 aromatic carbocycles. The number of aromatic nitrogens is 3. The molecule has 0 spiro atoms. The third-order valence-electron chi connectivity index (χ3n) is 12.0. The highest BCUT2D eigenvalue weighted by atomic mass is 15.1. The lowest BCUT2D eigenvalue weighted by atomic mass is 9.88. The monoisotopic (exact) mass is 749 g/mol. The van der Waals surface area contributed by atoms with Gasteiger partial charge in [0.1, 0.15) is 11.3 Å². The van der Waals surface area contributed by atoms with Crippen LogP contribution >= 0.6 is 0 Å². The van der Waals surface area contributed by atoms with Crippen molar-refractivity contribution in [3.63, 3.8) is 0 Å². The summed E-state index contributed by atoms with van der Waals surface area (Å²) in [5, 5.41) is 12.3. The van der Waals surface area contributed by atoms with Crippen molar-refractivity contribution >= 4 is 65.0 Å². The average Bonchev–Trinajstić information content (AvgIpc) is 3.71. The molecule has 12 aromatic rings. The molecule has 274 valence electrons. The lowest BCUT2D eigenvalue weighted by Crippen LogP contribution is -1.99. The highest BCUT2D eigenvalue weighted by Crippen LogP contribution is 2.43. The lowest BCUT2D eigenvalue weighted by Gasteiger charge is -2.17. The molecular formula is C56H35N3. The lowest BCUT2D eigenvalue weighted by molar-refractivity contribution is 1.08. The molecule has 0 saturated heterocycles. The molecule has 12 rings (SSSR count). The van der Waals surface area contributed by atoms with Gasteiger partial charge in [0.05, 0.1) is 0 Å². The summed E-state index contributed by atoms with van der Waals surface area (Å²) in [6.45, 7) is 0. The number of hydrogen-bond acceptors (Lipinski definition) is 2. The minimum absolute atomic E-state index is 0.816. The number of nitrogens with zero attached hydrogens (tertiary/aromatic N) is 3. The Morgan fingerprint density at radius 2 is 0.831 bits per heavy atom. The first-order chi connectivity index (χ1) is 29.2. The van der Waals surface area contributed by atoms with Crippen molar-refractivity contribution in [1.82, 2.24) is 14.5 Å². The number of para-hydroxylation sites is 1. The van der Waals surface area contributed by atoms with Crippen LogP contribution < -0.4 is 0 Å². The summed E-state index contributed by atoms with van der Waals surface area (Å²) in [5.41, 5.74) is 10.5. The van der Waals surface area contributed by atoms with Gasteiger partial charge in [-0.05, 0) is 136 Å². The minimum Gasteiger partial charge on any atom is -0.277 e. The van der Waals surface area contributed by atoms with Crippen molar-refractivity contribution in [1.29, 1.82) is 0 Å². The molecule has 0 fully saturated rings. The third-order valence-corrected chi connectivity index (χ3v) is 12.0. The van der Waals surface area contributed by atoms with Crippen LogP contribution in [0.15, 0.2) is 212 Å². The van der Waals surface area contributed by atoms with E-state index in [0.717, 1.165) is 50.5 Å². The minimum atomic E-state index is 0.816. The van der Waals surface area contributed by atoms with E-state index in [2.05, 4.69) is 211 Å². The third kappa shape index (κ3) is 5.44. The van der Waals surface area contributed by atoms with Crippen molar-refractivity contribution in [2.75, 3.05) is 0 Å². The standard InChI is InChI=1S/C56H35N3/c1-2-18-44(19-3-1)59-55(58-54-47(28-29-57-56(54)59)40-27-26-36-14-4-5-15-37(36)30-40)43-32-41(52-34-38-16-6-8-20-45(38)48-22-10-12-24-50(48)52)31-42(33-43)53-35-39-17-7-9-21-46(39)49-23-11-13-25-51(49)53/h1-35H. The van der Waals surface area contributed by atoms with Crippen LogP contribution in [0.2, 0.25) is 0 Å². The van der Waals surface area contributed by atoms with Crippen LogP contribution in [0.3, 0.4) is 0 Å². The number of pyridine rings is 1. The molecule has 0 aliphatic carbocycles. The SMILES string of the molecule is c1ccc(-n2c(-c3cc(-c4cc5ccccc5c5ccccc45)cc(-c4cc5ccccc5c5ccccc45)c3)nc3c(-c4ccc5ccccc5c4)ccnc32)cc1. The second kappa shape index (κ2) is 13.4.